The maximum atomic E-state index is 11.7. The summed E-state index contributed by atoms with van der Waals surface area (Å²) in [6.45, 7) is 4.33. The average Bonchev–Trinajstić information content (AvgIpc) is 2.81. The van der Waals surface area contributed by atoms with Crippen LogP contribution in [0.5, 0.6) is 0 Å². The number of nitro benzene ring substituents is 1. The molecular formula is C25H25N3O3. The molecule has 0 aliphatic carbocycles. The summed E-state index contributed by atoms with van der Waals surface area (Å²) in [6, 6.07) is 25.8. The summed E-state index contributed by atoms with van der Waals surface area (Å²) in [5, 5.41) is 11.6. The van der Waals surface area contributed by atoms with Gasteiger partial charge >= 0.3 is 0 Å². The molecule has 0 atom stereocenters. The third-order valence-corrected chi connectivity index (χ3v) is 5.83. The Morgan fingerprint density at radius 3 is 1.90 bits per heavy atom. The van der Waals surface area contributed by atoms with E-state index < -0.39 is 4.92 Å². The minimum Gasteiger partial charge on any atom is -0.363 e. The molecule has 0 saturated carbocycles. The number of hydrogen-bond donors (Lipinski definition) is 0. The molecule has 1 aliphatic heterocycles. The molecule has 158 valence electrons. The Kier molecular flexibility index (Phi) is 6.09. The fourth-order valence-electron chi connectivity index (χ4n) is 4.26. The molecule has 3 aromatic carbocycles. The lowest BCUT2D eigenvalue weighted by molar-refractivity contribution is -0.384. The average molecular weight is 415 g/mol. The van der Waals surface area contributed by atoms with Crippen molar-refractivity contribution in [2.45, 2.75) is 13.0 Å². The number of piperazine rings is 1. The standard InChI is InChI=1S/C25H25N3O3/c1-19(29)22-12-13-23(24(18-22)28(30)31)26-14-16-27(17-15-26)25(20-8-4-2-5-9-20)21-10-6-3-7-11-21/h2-13,18,25H,14-17H2,1H3. The van der Waals surface area contributed by atoms with Gasteiger partial charge in [0.15, 0.2) is 5.78 Å². The molecule has 0 aromatic heterocycles. The van der Waals surface area contributed by atoms with Crippen molar-refractivity contribution in [1.29, 1.82) is 0 Å². The van der Waals surface area contributed by atoms with Gasteiger partial charge in [-0.1, -0.05) is 60.7 Å². The van der Waals surface area contributed by atoms with E-state index in [1.807, 2.05) is 17.0 Å². The molecule has 1 saturated heterocycles. The molecule has 6 nitrogen and oxygen atoms in total. The fourth-order valence-corrected chi connectivity index (χ4v) is 4.26. The highest BCUT2D eigenvalue weighted by molar-refractivity contribution is 5.95. The maximum absolute atomic E-state index is 11.7. The summed E-state index contributed by atoms with van der Waals surface area (Å²) in [5.41, 5.74) is 3.40. The van der Waals surface area contributed by atoms with Crippen LogP contribution in [0.25, 0.3) is 0 Å². The van der Waals surface area contributed by atoms with Crippen molar-refractivity contribution in [1.82, 2.24) is 4.90 Å². The summed E-state index contributed by atoms with van der Waals surface area (Å²) in [4.78, 5) is 27.4. The van der Waals surface area contributed by atoms with Crippen LogP contribution in [0.15, 0.2) is 78.9 Å². The van der Waals surface area contributed by atoms with Crippen LogP contribution in [0, 0.1) is 10.1 Å². The van der Waals surface area contributed by atoms with Crippen molar-refractivity contribution in [2.75, 3.05) is 31.1 Å². The van der Waals surface area contributed by atoms with Gasteiger partial charge in [-0.15, -0.1) is 0 Å². The largest absolute Gasteiger partial charge is 0.363 e. The molecule has 0 unspecified atom stereocenters. The predicted octanol–water partition coefficient (Wildman–Crippen LogP) is 4.71. The van der Waals surface area contributed by atoms with Crippen LogP contribution in [-0.2, 0) is 0 Å². The highest BCUT2D eigenvalue weighted by atomic mass is 16.6. The summed E-state index contributed by atoms with van der Waals surface area (Å²) >= 11 is 0. The van der Waals surface area contributed by atoms with E-state index in [1.54, 1.807) is 12.1 Å². The van der Waals surface area contributed by atoms with E-state index in [9.17, 15) is 14.9 Å². The molecule has 3 aromatic rings. The smallest absolute Gasteiger partial charge is 0.293 e. The Hall–Kier alpha value is -3.51. The number of ketones is 1. The Balaban J connectivity index is 1.57. The van der Waals surface area contributed by atoms with E-state index in [2.05, 4.69) is 53.4 Å². The zero-order chi connectivity index (χ0) is 21.8. The molecule has 1 heterocycles. The molecule has 31 heavy (non-hydrogen) atoms. The van der Waals surface area contributed by atoms with Crippen LogP contribution < -0.4 is 4.90 Å². The number of rotatable bonds is 6. The van der Waals surface area contributed by atoms with Gasteiger partial charge in [-0.3, -0.25) is 19.8 Å². The lowest BCUT2D eigenvalue weighted by Gasteiger charge is -2.40. The van der Waals surface area contributed by atoms with E-state index in [0.717, 1.165) is 13.1 Å². The van der Waals surface area contributed by atoms with Crippen molar-refractivity contribution in [3.63, 3.8) is 0 Å². The third kappa shape index (κ3) is 4.49. The minimum absolute atomic E-state index is 0.0104. The van der Waals surface area contributed by atoms with Crippen molar-refractivity contribution >= 4 is 17.2 Å². The highest BCUT2D eigenvalue weighted by Crippen LogP contribution is 2.33. The molecular weight excluding hydrogens is 390 g/mol. The van der Waals surface area contributed by atoms with Gasteiger partial charge in [-0.2, -0.15) is 0 Å². The van der Waals surface area contributed by atoms with E-state index in [4.69, 9.17) is 0 Å². The van der Waals surface area contributed by atoms with E-state index >= 15 is 0 Å². The Morgan fingerprint density at radius 2 is 1.42 bits per heavy atom. The van der Waals surface area contributed by atoms with Gasteiger partial charge in [0.1, 0.15) is 5.69 Å². The number of carbonyl (C=O) groups excluding carboxylic acids is 1. The van der Waals surface area contributed by atoms with Gasteiger partial charge in [-0.05, 0) is 30.2 Å². The van der Waals surface area contributed by atoms with Crippen molar-refractivity contribution in [2.24, 2.45) is 0 Å². The van der Waals surface area contributed by atoms with Gasteiger partial charge in [0.05, 0.1) is 11.0 Å². The van der Waals surface area contributed by atoms with Crippen molar-refractivity contribution in [3.8, 4) is 0 Å². The lowest BCUT2D eigenvalue weighted by Crippen LogP contribution is -2.48. The topological polar surface area (TPSA) is 66.7 Å². The molecule has 0 spiro atoms. The molecule has 0 radical (unpaired) electrons. The number of nitro groups is 1. The zero-order valence-electron chi connectivity index (χ0n) is 17.5. The van der Waals surface area contributed by atoms with Crippen molar-refractivity contribution in [3.05, 3.63) is 106 Å². The van der Waals surface area contributed by atoms with Gasteiger partial charge in [0.25, 0.3) is 5.69 Å². The maximum Gasteiger partial charge on any atom is 0.293 e. The highest BCUT2D eigenvalue weighted by Gasteiger charge is 2.29. The number of anilines is 1. The minimum atomic E-state index is -0.398. The first kappa shape index (κ1) is 20.8. The van der Waals surface area contributed by atoms with Gasteiger partial charge in [0, 0.05) is 37.8 Å². The van der Waals surface area contributed by atoms with Crippen LogP contribution >= 0.6 is 0 Å². The van der Waals surface area contributed by atoms with Crippen molar-refractivity contribution < 1.29 is 9.72 Å². The first-order valence-corrected chi connectivity index (χ1v) is 10.4. The zero-order valence-corrected chi connectivity index (χ0v) is 17.5. The Labute approximate surface area is 181 Å². The third-order valence-electron chi connectivity index (χ3n) is 5.83. The number of Topliss-reactive ketones (excluding diaryl/α,β-unsaturated/α-hetero) is 1. The van der Waals surface area contributed by atoms with E-state index in [-0.39, 0.29) is 17.5 Å². The summed E-state index contributed by atoms with van der Waals surface area (Å²) in [7, 11) is 0. The molecule has 6 heteroatoms. The number of nitrogens with zero attached hydrogens (tertiary/aromatic N) is 3. The molecule has 1 fully saturated rings. The van der Waals surface area contributed by atoms with Crippen LogP contribution in [-0.4, -0.2) is 41.8 Å². The van der Waals surface area contributed by atoms with Gasteiger partial charge in [-0.25, -0.2) is 0 Å². The molecule has 0 bridgehead atoms. The first-order chi connectivity index (χ1) is 15.0. The van der Waals surface area contributed by atoms with Gasteiger partial charge < -0.3 is 4.90 Å². The molecule has 4 rings (SSSR count). The molecule has 1 aliphatic rings. The van der Waals surface area contributed by atoms with Crippen LogP contribution in [0.3, 0.4) is 0 Å². The normalized spacial score (nSPS) is 14.6. The second-order valence-corrected chi connectivity index (χ2v) is 7.76. The first-order valence-electron chi connectivity index (χ1n) is 10.4. The quantitative estimate of drug-likeness (QED) is 0.331. The molecule has 0 N–H and O–H groups in total. The lowest BCUT2D eigenvalue weighted by atomic mass is 9.96. The summed E-state index contributed by atoms with van der Waals surface area (Å²) < 4.78 is 0. The van der Waals surface area contributed by atoms with E-state index in [0.29, 0.717) is 24.3 Å². The Morgan fingerprint density at radius 1 is 0.871 bits per heavy atom. The summed E-state index contributed by atoms with van der Waals surface area (Å²) in [5.74, 6) is -0.173. The van der Waals surface area contributed by atoms with E-state index in [1.165, 1.54) is 24.1 Å². The molecule has 0 amide bonds. The van der Waals surface area contributed by atoms with Crippen LogP contribution in [0.1, 0.15) is 34.5 Å². The Bertz CT molecular complexity index is 1020. The number of carbonyl (C=O) groups is 1. The van der Waals surface area contributed by atoms with Crippen LogP contribution in [0.4, 0.5) is 11.4 Å². The number of benzene rings is 3. The summed E-state index contributed by atoms with van der Waals surface area (Å²) in [6.07, 6.45) is 0. The number of hydrogen-bond acceptors (Lipinski definition) is 5. The monoisotopic (exact) mass is 415 g/mol. The fraction of sp³-hybridized carbons (Fsp3) is 0.240. The van der Waals surface area contributed by atoms with Crippen LogP contribution in [0.2, 0.25) is 0 Å². The SMILES string of the molecule is CC(=O)c1ccc(N2CCN(C(c3ccccc3)c3ccccc3)CC2)c([N+](=O)[O-])c1. The second-order valence-electron chi connectivity index (χ2n) is 7.76. The van der Waals surface area contributed by atoms with Gasteiger partial charge in [0.2, 0.25) is 0 Å². The second kappa shape index (κ2) is 9.10. The predicted molar refractivity (Wildman–Crippen MR) is 122 cm³/mol.